The van der Waals surface area contributed by atoms with Crippen LogP contribution in [0.4, 0.5) is 5.69 Å². The molecule has 0 aliphatic heterocycles. The quantitative estimate of drug-likeness (QED) is 0.628. The molecule has 0 aliphatic rings. The molecule has 1 atom stereocenters. The van der Waals surface area contributed by atoms with Crippen LogP contribution in [-0.2, 0) is 16.1 Å². The molecule has 0 radical (unpaired) electrons. The molecule has 1 amide bonds. The highest BCUT2D eigenvalue weighted by Crippen LogP contribution is 2.20. The average Bonchev–Trinajstić information content (AvgIpc) is 3.11. The third-order valence-electron chi connectivity index (χ3n) is 4.17. The molecule has 1 heterocycles. The Morgan fingerprint density at radius 3 is 2.67 bits per heavy atom. The van der Waals surface area contributed by atoms with E-state index in [0.717, 1.165) is 5.56 Å². The maximum atomic E-state index is 12.4. The lowest BCUT2D eigenvalue weighted by atomic mass is 10.0. The van der Waals surface area contributed by atoms with Crippen LogP contribution in [0.15, 0.2) is 53.2 Å². The number of rotatable bonds is 8. The van der Waals surface area contributed by atoms with Crippen molar-refractivity contribution in [3.8, 4) is 0 Å². The van der Waals surface area contributed by atoms with Gasteiger partial charge in [0.25, 0.3) is 0 Å². The van der Waals surface area contributed by atoms with E-state index in [1.165, 1.54) is 0 Å². The molecule has 3 rings (SSSR count). The van der Waals surface area contributed by atoms with E-state index >= 15 is 0 Å². The molecule has 8 nitrogen and oxygen atoms in total. The zero-order chi connectivity index (χ0) is 19.2. The van der Waals surface area contributed by atoms with Gasteiger partial charge in [-0.05, 0) is 35.1 Å². The molecule has 1 aromatic heterocycles. The summed E-state index contributed by atoms with van der Waals surface area (Å²) in [6.07, 6.45) is -0.143. The molecule has 27 heavy (non-hydrogen) atoms. The average molecular weight is 368 g/mol. The molecule has 2 N–H and O–H groups in total. The maximum absolute atomic E-state index is 12.4. The summed E-state index contributed by atoms with van der Waals surface area (Å²) in [6.45, 7) is 0.865. The molecule has 0 saturated heterocycles. The Kier molecular flexibility index (Phi) is 5.77. The number of carboxylic acid groups (broad SMARTS) is 1. The van der Waals surface area contributed by atoms with Gasteiger partial charge in [-0.3, -0.25) is 9.59 Å². The number of anilines is 1. The van der Waals surface area contributed by atoms with Gasteiger partial charge in [0.1, 0.15) is 5.52 Å². The monoisotopic (exact) mass is 368 g/mol. The fourth-order valence-corrected chi connectivity index (χ4v) is 2.90. The van der Waals surface area contributed by atoms with Crippen LogP contribution in [0.2, 0.25) is 0 Å². The SMILES string of the molecule is CN(Cc1ccccc1)CC(CC(=O)Nc1cccc2nonc12)C(=O)O. The van der Waals surface area contributed by atoms with Crippen molar-refractivity contribution in [1.29, 1.82) is 0 Å². The van der Waals surface area contributed by atoms with Crippen molar-refractivity contribution < 1.29 is 19.3 Å². The summed E-state index contributed by atoms with van der Waals surface area (Å²) >= 11 is 0. The number of carbonyl (C=O) groups excluding carboxylic acids is 1. The van der Waals surface area contributed by atoms with Crippen LogP contribution in [0.25, 0.3) is 11.0 Å². The number of amides is 1. The number of carbonyl (C=O) groups is 2. The highest BCUT2D eigenvalue weighted by Gasteiger charge is 2.23. The minimum absolute atomic E-state index is 0.143. The van der Waals surface area contributed by atoms with E-state index in [4.69, 9.17) is 0 Å². The van der Waals surface area contributed by atoms with E-state index < -0.39 is 17.8 Å². The summed E-state index contributed by atoms with van der Waals surface area (Å²) in [5.74, 6) is -2.23. The van der Waals surface area contributed by atoms with E-state index in [2.05, 4.69) is 20.3 Å². The van der Waals surface area contributed by atoms with Crippen LogP contribution in [0, 0.1) is 5.92 Å². The number of hydrogen-bond donors (Lipinski definition) is 2. The molecule has 0 aliphatic carbocycles. The summed E-state index contributed by atoms with van der Waals surface area (Å²) in [4.78, 5) is 25.9. The molecule has 3 aromatic rings. The Hall–Kier alpha value is -3.26. The number of aromatic nitrogens is 2. The van der Waals surface area contributed by atoms with Crippen molar-refractivity contribution >= 4 is 28.6 Å². The van der Waals surface area contributed by atoms with Crippen molar-refractivity contribution in [2.45, 2.75) is 13.0 Å². The Balaban J connectivity index is 1.61. The van der Waals surface area contributed by atoms with E-state index in [9.17, 15) is 14.7 Å². The number of hydrogen-bond acceptors (Lipinski definition) is 6. The first-order valence-electron chi connectivity index (χ1n) is 8.49. The van der Waals surface area contributed by atoms with E-state index in [1.54, 1.807) is 18.2 Å². The molecule has 0 fully saturated rings. The van der Waals surface area contributed by atoms with Gasteiger partial charge in [-0.1, -0.05) is 36.4 Å². The van der Waals surface area contributed by atoms with Gasteiger partial charge in [0.05, 0.1) is 11.6 Å². The molecule has 8 heteroatoms. The second-order valence-electron chi connectivity index (χ2n) is 6.41. The smallest absolute Gasteiger partial charge is 0.308 e. The lowest BCUT2D eigenvalue weighted by molar-refractivity contribution is -0.144. The zero-order valence-corrected chi connectivity index (χ0v) is 14.8. The van der Waals surface area contributed by atoms with Gasteiger partial charge in [0, 0.05) is 19.5 Å². The number of nitrogens with one attached hydrogen (secondary N) is 1. The summed E-state index contributed by atoms with van der Waals surface area (Å²) < 4.78 is 4.66. The number of aliphatic carboxylic acids is 1. The largest absolute Gasteiger partial charge is 0.481 e. The minimum atomic E-state index is -1.01. The first-order chi connectivity index (χ1) is 13.0. The molecule has 0 saturated carbocycles. The van der Waals surface area contributed by atoms with Crippen LogP contribution in [0.3, 0.4) is 0 Å². The predicted molar refractivity (Wildman–Crippen MR) is 99.0 cm³/mol. The topological polar surface area (TPSA) is 109 Å². The van der Waals surface area contributed by atoms with Gasteiger partial charge in [-0.25, -0.2) is 4.63 Å². The fraction of sp³-hybridized carbons (Fsp3) is 0.263. The lowest BCUT2D eigenvalue weighted by Gasteiger charge is -2.21. The third kappa shape index (κ3) is 4.89. The minimum Gasteiger partial charge on any atom is -0.481 e. The second-order valence-corrected chi connectivity index (χ2v) is 6.41. The highest BCUT2D eigenvalue weighted by molar-refractivity contribution is 5.99. The first-order valence-corrected chi connectivity index (χ1v) is 8.49. The van der Waals surface area contributed by atoms with Crippen molar-refractivity contribution in [2.75, 3.05) is 18.9 Å². The van der Waals surface area contributed by atoms with E-state index in [0.29, 0.717) is 23.3 Å². The second kappa shape index (κ2) is 8.41. The molecule has 1 unspecified atom stereocenters. The van der Waals surface area contributed by atoms with Gasteiger partial charge in [0.15, 0.2) is 5.52 Å². The van der Waals surface area contributed by atoms with Crippen molar-refractivity contribution in [3.63, 3.8) is 0 Å². The Morgan fingerprint density at radius 2 is 1.93 bits per heavy atom. The molecular weight excluding hydrogens is 348 g/mol. The summed E-state index contributed by atoms with van der Waals surface area (Å²) in [5.41, 5.74) is 2.48. The number of benzene rings is 2. The molecule has 0 bridgehead atoms. The van der Waals surface area contributed by atoms with Gasteiger partial charge >= 0.3 is 5.97 Å². The van der Waals surface area contributed by atoms with Crippen LogP contribution >= 0.6 is 0 Å². The normalized spacial score (nSPS) is 12.2. The van der Waals surface area contributed by atoms with Gasteiger partial charge in [0.2, 0.25) is 5.91 Å². The van der Waals surface area contributed by atoms with Crippen molar-refractivity contribution in [3.05, 3.63) is 54.1 Å². The molecule has 2 aromatic carbocycles. The van der Waals surface area contributed by atoms with Crippen LogP contribution < -0.4 is 5.32 Å². The van der Waals surface area contributed by atoms with Crippen LogP contribution in [-0.4, -0.2) is 45.8 Å². The van der Waals surface area contributed by atoms with Crippen LogP contribution in [0.5, 0.6) is 0 Å². The number of fused-ring (bicyclic) bond motifs is 1. The van der Waals surface area contributed by atoms with E-state index in [-0.39, 0.29) is 13.0 Å². The summed E-state index contributed by atoms with van der Waals surface area (Å²) in [7, 11) is 1.84. The summed E-state index contributed by atoms with van der Waals surface area (Å²) in [5, 5.41) is 19.7. The standard InChI is InChI=1S/C19H20N4O4/c1-23(11-13-6-3-2-4-7-13)12-14(19(25)26)10-17(24)20-15-8-5-9-16-18(15)22-27-21-16/h2-9,14H,10-12H2,1H3,(H,20,24)(H,25,26). The molecule has 140 valence electrons. The number of nitrogens with zero attached hydrogens (tertiary/aromatic N) is 3. The Morgan fingerprint density at radius 1 is 1.15 bits per heavy atom. The van der Waals surface area contributed by atoms with Crippen molar-refractivity contribution in [1.82, 2.24) is 15.2 Å². The number of carboxylic acids is 1. The molecule has 0 spiro atoms. The lowest BCUT2D eigenvalue weighted by Crippen LogP contribution is -2.33. The first kappa shape index (κ1) is 18.5. The van der Waals surface area contributed by atoms with Gasteiger partial charge in [-0.15, -0.1) is 0 Å². The summed E-state index contributed by atoms with van der Waals surface area (Å²) in [6, 6.07) is 14.8. The Labute approximate surface area is 155 Å². The predicted octanol–water partition coefficient (Wildman–Crippen LogP) is 2.38. The highest BCUT2D eigenvalue weighted by atomic mass is 16.6. The zero-order valence-electron chi connectivity index (χ0n) is 14.8. The third-order valence-corrected chi connectivity index (χ3v) is 4.17. The van der Waals surface area contributed by atoms with Gasteiger partial charge < -0.3 is 15.3 Å². The van der Waals surface area contributed by atoms with Gasteiger partial charge in [-0.2, -0.15) is 0 Å². The Bertz CT molecular complexity index is 926. The maximum Gasteiger partial charge on any atom is 0.308 e. The van der Waals surface area contributed by atoms with Crippen molar-refractivity contribution in [2.24, 2.45) is 5.92 Å². The fourth-order valence-electron chi connectivity index (χ4n) is 2.90. The van der Waals surface area contributed by atoms with E-state index in [1.807, 2.05) is 42.3 Å². The van der Waals surface area contributed by atoms with Crippen LogP contribution in [0.1, 0.15) is 12.0 Å². The molecular formula is C19H20N4O4.